The van der Waals surface area contributed by atoms with Crippen LogP contribution in [0.1, 0.15) is 13.8 Å². The third kappa shape index (κ3) is 4.60. The van der Waals surface area contributed by atoms with Crippen molar-refractivity contribution >= 4 is 28.8 Å². The number of halogens is 1. The first kappa shape index (κ1) is 13.6. The molecule has 6 heteroatoms. The van der Waals surface area contributed by atoms with Crippen molar-refractivity contribution in [1.82, 2.24) is 0 Å². The zero-order valence-electron chi connectivity index (χ0n) is 8.83. The molecule has 0 aliphatic heterocycles. The fourth-order valence-electron chi connectivity index (χ4n) is 0.842. The van der Waals surface area contributed by atoms with E-state index in [0.29, 0.717) is 0 Å². The summed E-state index contributed by atoms with van der Waals surface area (Å²) in [6, 6.07) is 0. The van der Waals surface area contributed by atoms with Crippen molar-refractivity contribution in [2.75, 3.05) is 13.7 Å². The van der Waals surface area contributed by atoms with Gasteiger partial charge in [0, 0.05) is 0 Å². The van der Waals surface area contributed by atoms with Crippen LogP contribution in [-0.2, 0) is 14.3 Å². The Morgan fingerprint density at radius 2 is 2.20 bits per heavy atom. The van der Waals surface area contributed by atoms with E-state index in [-0.39, 0.29) is 18.1 Å². The number of amidine groups is 1. The average molecular weight is 233 g/mol. The summed E-state index contributed by atoms with van der Waals surface area (Å²) in [5.74, 6) is -0.588. The van der Waals surface area contributed by atoms with E-state index in [0.717, 1.165) is 0 Å². The van der Waals surface area contributed by atoms with Gasteiger partial charge in [-0.3, -0.25) is 5.41 Å². The topological polar surface area (TPSA) is 71.7 Å². The summed E-state index contributed by atoms with van der Waals surface area (Å²) < 4.78 is 9.61. The molecule has 0 amide bonds. The Morgan fingerprint density at radius 1 is 1.60 bits per heavy atom. The summed E-state index contributed by atoms with van der Waals surface area (Å²) in [6.45, 7) is 3.59. The Labute approximate surface area is 93.2 Å². The van der Waals surface area contributed by atoms with E-state index in [1.54, 1.807) is 13.8 Å². The molecule has 0 saturated carbocycles. The Kier molecular flexibility index (Phi) is 6.37. The molecule has 0 aromatic carbocycles. The monoisotopic (exact) mass is 232 g/mol. The molecule has 0 aromatic rings. The van der Waals surface area contributed by atoms with E-state index in [9.17, 15) is 4.79 Å². The van der Waals surface area contributed by atoms with Gasteiger partial charge in [-0.2, -0.15) is 4.99 Å². The van der Waals surface area contributed by atoms with Gasteiger partial charge in [0.2, 0.25) is 11.2 Å². The van der Waals surface area contributed by atoms with Gasteiger partial charge in [0.25, 0.3) is 0 Å². The van der Waals surface area contributed by atoms with Crippen LogP contribution in [0.25, 0.3) is 0 Å². The molecule has 84 valence electrons. The average Bonchev–Trinajstić information content (AvgIpc) is 2.17. The summed E-state index contributed by atoms with van der Waals surface area (Å²) in [4.78, 5) is 14.9. The van der Waals surface area contributed by atoms with Crippen LogP contribution in [0, 0.1) is 5.41 Å². The van der Waals surface area contributed by atoms with Crippen LogP contribution in [0.5, 0.6) is 0 Å². The standard InChI is InChI=1S/C9H13ClN2O3/c1-4-6(8(13)15-5-2)7(14-3)12-9(10)11/h4,11H,5H2,1-3H3/b6-4+,11-9?,12-7?. The highest BCUT2D eigenvalue weighted by Gasteiger charge is 2.17. The van der Waals surface area contributed by atoms with Gasteiger partial charge in [-0.25, -0.2) is 4.79 Å². The number of methoxy groups -OCH3 is 1. The third-order valence-electron chi connectivity index (χ3n) is 1.41. The highest BCUT2D eigenvalue weighted by Crippen LogP contribution is 2.04. The first-order valence-electron chi connectivity index (χ1n) is 4.27. The van der Waals surface area contributed by atoms with Crippen LogP contribution < -0.4 is 0 Å². The number of hydrogen-bond acceptors (Lipinski definition) is 4. The maximum Gasteiger partial charge on any atom is 0.343 e. The molecule has 1 N–H and O–H groups in total. The Morgan fingerprint density at radius 3 is 2.53 bits per heavy atom. The second kappa shape index (κ2) is 7.00. The first-order valence-corrected chi connectivity index (χ1v) is 4.65. The second-order valence-electron chi connectivity index (χ2n) is 2.33. The van der Waals surface area contributed by atoms with Crippen LogP contribution in [-0.4, -0.2) is 30.9 Å². The summed E-state index contributed by atoms with van der Waals surface area (Å²) in [5.41, 5.74) is 0.143. The zero-order chi connectivity index (χ0) is 11.8. The largest absolute Gasteiger partial charge is 0.480 e. The van der Waals surface area contributed by atoms with Crippen LogP contribution in [0.15, 0.2) is 16.6 Å². The lowest BCUT2D eigenvalue weighted by Crippen LogP contribution is -2.18. The molecule has 0 bridgehead atoms. The quantitative estimate of drug-likeness (QED) is 0.265. The van der Waals surface area contributed by atoms with Crippen LogP contribution in [0.2, 0.25) is 0 Å². The van der Waals surface area contributed by atoms with E-state index >= 15 is 0 Å². The number of rotatable bonds is 3. The van der Waals surface area contributed by atoms with Gasteiger partial charge in [-0.1, -0.05) is 6.08 Å². The van der Waals surface area contributed by atoms with Gasteiger partial charge < -0.3 is 9.47 Å². The van der Waals surface area contributed by atoms with Gasteiger partial charge in [0.15, 0.2) is 0 Å². The predicted molar refractivity (Wildman–Crippen MR) is 58.4 cm³/mol. The van der Waals surface area contributed by atoms with Crippen molar-refractivity contribution in [2.24, 2.45) is 4.99 Å². The number of nitrogens with one attached hydrogen (secondary N) is 1. The van der Waals surface area contributed by atoms with Gasteiger partial charge in [0.1, 0.15) is 5.57 Å². The fraction of sp³-hybridized carbons (Fsp3) is 0.444. The van der Waals surface area contributed by atoms with Crippen molar-refractivity contribution in [3.05, 3.63) is 11.6 Å². The molecule has 5 nitrogen and oxygen atoms in total. The van der Waals surface area contributed by atoms with E-state index in [2.05, 4.69) is 4.99 Å². The molecule has 0 spiro atoms. The van der Waals surface area contributed by atoms with Crippen LogP contribution in [0.3, 0.4) is 0 Å². The number of ether oxygens (including phenoxy) is 2. The summed E-state index contributed by atoms with van der Waals surface area (Å²) in [7, 11) is 1.33. The fourth-order valence-corrected chi connectivity index (χ4v) is 0.919. The highest BCUT2D eigenvalue weighted by atomic mass is 35.5. The number of hydrogen-bond donors (Lipinski definition) is 1. The third-order valence-corrected chi connectivity index (χ3v) is 1.49. The summed E-state index contributed by atoms with van der Waals surface area (Å²) >= 11 is 5.27. The normalized spacial score (nSPS) is 12.3. The minimum Gasteiger partial charge on any atom is -0.480 e. The van der Waals surface area contributed by atoms with Crippen LogP contribution >= 0.6 is 11.6 Å². The second-order valence-corrected chi connectivity index (χ2v) is 2.69. The van der Waals surface area contributed by atoms with E-state index in [1.807, 2.05) is 0 Å². The molecule has 0 radical (unpaired) electrons. The van der Waals surface area contributed by atoms with Gasteiger partial charge in [-0.05, 0) is 25.4 Å². The predicted octanol–water partition coefficient (Wildman–Crippen LogP) is 1.71. The summed E-state index contributed by atoms with van der Waals surface area (Å²) in [5, 5.41) is 6.50. The van der Waals surface area contributed by atoms with E-state index < -0.39 is 11.3 Å². The lowest BCUT2D eigenvalue weighted by atomic mass is 10.2. The van der Waals surface area contributed by atoms with Gasteiger partial charge >= 0.3 is 5.97 Å². The molecule has 0 heterocycles. The molecular weight excluding hydrogens is 220 g/mol. The number of esters is 1. The molecule has 0 unspecified atom stereocenters. The highest BCUT2D eigenvalue weighted by molar-refractivity contribution is 6.64. The maximum atomic E-state index is 11.4. The van der Waals surface area contributed by atoms with Crippen molar-refractivity contribution < 1.29 is 14.3 Å². The molecule has 0 aliphatic carbocycles. The number of carbonyl (C=O) groups is 1. The molecule has 0 rings (SSSR count). The van der Waals surface area contributed by atoms with Gasteiger partial charge in [-0.15, -0.1) is 0 Å². The maximum absolute atomic E-state index is 11.4. The lowest BCUT2D eigenvalue weighted by Gasteiger charge is -2.07. The Balaban J connectivity index is 4.95. The number of nitrogens with zero attached hydrogens (tertiary/aromatic N) is 1. The SMILES string of the molecule is C/C=C(/C(=O)OCC)C(=NC(=N)Cl)OC. The van der Waals surface area contributed by atoms with Gasteiger partial charge in [0.05, 0.1) is 13.7 Å². The van der Waals surface area contributed by atoms with E-state index in [1.165, 1.54) is 13.2 Å². The molecule has 0 aromatic heterocycles. The molecule has 0 fully saturated rings. The Bertz CT molecular complexity index is 310. The smallest absolute Gasteiger partial charge is 0.343 e. The molecular formula is C9H13ClN2O3. The number of aliphatic imine (C=N–C) groups is 1. The molecule has 0 saturated heterocycles. The first-order chi connectivity index (χ1) is 7.06. The molecule has 15 heavy (non-hydrogen) atoms. The Hall–Kier alpha value is -1.36. The minimum absolute atomic E-state index is 0.0315. The van der Waals surface area contributed by atoms with Crippen molar-refractivity contribution in [3.63, 3.8) is 0 Å². The lowest BCUT2D eigenvalue weighted by molar-refractivity contribution is -0.138. The zero-order valence-corrected chi connectivity index (χ0v) is 9.59. The van der Waals surface area contributed by atoms with Crippen molar-refractivity contribution in [1.29, 1.82) is 5.41 Å². The van der Waals surface area contributed by atoms with Crippen LogP contribution in [0.4, 0.5) is 0 Å². The van der Waals surface area contributed by atoms with Crippen molar-refractivity contribution in [3.8, 4) is 0 Å². The van der Waals surface area contributed by atoms with E-state index in [4.69, 9.17) is 26.5 Å². The minimum atomic E-state index is -0.557. The molecule has 0 atom stereocenters. The molecule has 0 aliphatic rings. The number of carbonyl (C=O) groups excluding carboxylic acids is 1. The van der Waals surface area contributed by atoms with Crippen molar-refractivity contribution in [2.45, 2.75) is 13.8 Å². The summed E-state index contributed by atoms with van der Waals surface area (Å²) in [6.07, 6.45) is 1.49. The number of allylic oxidation sites excluding steroid dienone is 1.